The molecule has 1 aromatic heterocycles. The Hall–Kier alpha value is -3.18. The Bertz CT molecular complexity index is 1740. The molecule has 0 saturated carbocycles. The fraction of sp³-hybridized carbons (Fsp3) is 0.161. The van der Waals surface area contributed by atoms with E-state index in [2.05, 4.69) is 19.1 Å². The first-order valence-corrected chi connectivity index (χ1v) is 13.9. The molecule has 2 aliphatic rings. The lowest BCUT2D eigenvalue weighted by molar-refractivity contribution is 0.553. The summed E-state index contributed by atoms with van der Waals surface area (Å²) in [4.78, 5) is 19.7. The first-order chi connectivity index (χ1) is 18.0. The Morgan fingerprint density at radius 1 is 0.919 bits per heavy atom. The number of aromatic nitrogens is 1. The summed E-state index contributed by atoms with van der Waals surface area (Å²) in [7, 11) is 0. The van der Waals surface area contributed by atoms with E-state index in [1.807, 2.05) is 77.4 Å². The van der Waals surface area contributed by atoms with E-state index in [1.165, 1.54) is 22.5 Å². The molecule has 0 amide bonds. The van der Waals surface area contributed by atoms with Gasteiger partial charge in [-0.2, -0.15) is 0 Å². The van der Waals surface area contributed by atoms with Crippen molar-refractivity contribution in [1.29, 1.82) is 0 Å². The van der Waals surface area contributed by atoms with E-state index >= 15 is 0 Å². The third kappa shape index (κ3) is 4.66. The highest BCUT2D eigenvalue weighted by molar-refractivity contribution is 7.07. The number of thiazole rings is 1. The number of allylic oxidation sites excluding steroid dienone is 2. The maximum atomic E-state index is 13.9. The van der Waals surface area contributed by atoms with E-state index in [4.69, 9.17) is 28.2 Å². The molecule has 0 fully saturated rings. The van der Waals surface area contributed by atoms with E-state index < -0.39 is 0 Å². The van der Waals surface area contributed by atoms with Gasteiger partial charge in [0.15, 0.2) is 4.80 Å². The second kappa shape index (κ2) is 9.94. The summed E-state index contributed by atoms with van der Waals surface area (Å²) in [5, 5.41) is 1.40. The molecule has 1 aliphatic carbocycles. The van der Waals surface area contributed by atoms with Crippen LogP contribution in [0.1, 0.15) is 47.6 Å². The molecule has 3 aromatic carbocycles. The normalized spacial score (nSPS) is 18.5. The zero-order valence-electron chi connectivity index (χ0n) is 20.2. The van der Waals surface area contributed by atoms with Crippen molar-refractivity contribution >= 4 is 46.7 Å². The standard InChI is InChI=1S/C31H24Cl2N2OS/c1-19-5-2-3-6-22(19)18-27-30(36)35-29(21-11-15-25(33)16-12-21)26-8-4-7-23(28(26)34-31(35)37-27)17-20-9-13-24(32)14-10-20/h2-3,5-6,9-18,29H,4,7-8H2,1H3. The van der Waals surface area contributed by atoms with Gasteiger partial charge in [0, 0.05) is 10.0 Å². The van der Waals surface area contributed by atoms with E-state index in [1.54, 1.807) is 0 Å². The molecule has 6 rings (SSSR count). The molecule has 37 heavy (non-hydrogen) atoms. The van der Waals surface area contributed by atoms with Crippen molar-refractivity contribution in [1.82, 2.24) is 4.57 Å². The Kier molecular flexibility index (Phi) is 6.49. The number of fused-ring (bicyclic) bond motifs is 1. The highest BCUT2D eigenvalue weighted by Crippen LogP contribution is 2.41. The quantitative estimate of drug-likeness (QED) is 0.272. The second-order valence-corrected chi connectivity index (χ2v) is 11.3. The molecule has 0 bridgehead atoms. The monoisotopic (exact) mass is 542 g/mol. The smallest absolute Gasteiger partial charge is 0.271 e. The maximum absolute atomic E-state index is 13.9. The van der Waals surface area contributed by atoms with Crippen LogP contribution in [0.5, 0.6) is 0 Å². The molecule has 1 aliphatic heterocycles. The Labute approximate surface area is 229 Å². The number of nitrogens with zero attached hydrogens (tertiary/aromatic N) is 2. The highest BCUT2D eigenvalue weighted by atomic mass is 35.5. The number of hydrogen-bond acceptors (Lipinski definition) is 3. The van der Waals surface area contributed by atoms with Gasteiger partial charge in [0.1, 0.15) is 0 Å². The summed E-state index contributed by atoms with van der Waals surface area (Å²) >= 11 is 13.8. The maximum Gasteiger partial charge on any atom is 0.271 e. The fourth-order valence-corrected chi connectivity index (χ4v) is 6.40. The van der Waals surface area contributed by atoms with Gasteiger partial charge in [-0.25, -0.2) is 4.99 Å². The number of aryl methyl sites for hydroxylation is 1. The summed E-state index contributed by atoms with van der Waals surface area (Å²) in [5.41, 5.74) is 7.69. The Balaban J connectivity index is 1.58. The van der Waals surface area contributed by atoms with Crippen LogP contribution in [0.2, 0.25) is 10.0 Å². The van der Waals surface area contributed by atoms with Crippen molar-refractivity contribution in [3.05, 3.63) is 142 Å². The minimum atomic E-state index is -0.212. The van der Waals surface area contributed by atoms with Crippen LogP contribution in [0.15, 0.2) is 99.4 Å². The Morgan fingerprint density at radius 3 is 2.35 bits per heavy atom. The van der Waals surface area contributed by atoms with Gasteiger partial charge in [0.25, 0.3) is 5.56 Å². The summed E-state index contributed by atoms with van der Waals surface area (Å²) in [6, 6.07) is 23.6. The van der Waals surface area contributed by atoms with Gasteiger partial charge >= 0.3 is 0 Å². The molecule has 0 radical (unpaired) electrons. The highest BCUT2D eigenvalue weighted by Gasteiger charge is 2.32. The van der Waals surface area contributed by atoms with Gasteiger partial charge in [0.2, 0.25) is 0 Å². The average molecular weight is 544 g/mol. The molecule has 0 saturated heterocycles. The number of benzene rings is 3. The van der Waals surface area contributed by atoms with Crippen LogP contribution in [0.4, 0.5) is 0 Å². The Morgan fingerprint density at radius 2 is 1.62 bits per heavy atom. The van der Waals surface area contributed by atoms with Crippen molar-refractivity contribution in [3.8, 4) is 0 Å². The van der Waals surface area contributed by atoms with Gasteiger partial charge in [-0.3, -0.25) is 9.36 Å². The van der Waals surface area contributed by atoms with E-state index in [0.717, 1.165) is 57.0 Å². The average Bonchev–Trinajstić information content (AvgIpc) is 3.21. The zero-order valence-corrected chi connectivity index (χ0v) is 22.6. The van der Waals surface area contributed by atoms with Crippen LogP contribution < -0.4 is 14.9 Å². The summed E-state index contributed by atoms with van der Waals surface area (Å²) in [6.07, 6.45) is 7.04. The largest absolute Gasteiger partial charge is 0.272 e. The van der Waals surface area contributed by atoms with Crippen LogP contribution in [-0.4, -0.2) is 4.57 Å². The number of hydrogen-bond donors (Lipinski definition) is 0. The summed E-state index contributed by atoms with van der Waals surface area (Å²) < 4.78 is 2.57. The van der Waals surface area contributed by atoms with Crippen LogP contribution in [0.3, 0.4) is 0 Å². The minimum absolute atomic E-state index is 0.00712. The van der Waals surface area contributed by atoms with E-state index in [0.29, 0.717) is 9.55 Å². The summed E-state index contributed by atoms with van der Waals surface area (Å²) in [6.45, 7) is 2.06. The predicted molar refractivity (Wildman–Crippen MR) is 154 cm³/mol. The molecule has 184 valence electrons. The van der Waals surface area contributed by atoms with Crippen molar-refractivity contribution in [2.24, 2.45) is 4.99 Å². The van der Waals surface area contributed by atoms with Gasteiger partial charge in [-0.1, -0.05) is 83.1 Å². The SMILES string of the molecule is Cc1ccccc1C=c1sc2n(c1=O)C(c1ccc(Cl)cc1)C1=C(N=2)C(=Cc2ccc(Cl)cc2)CCC1. The molecule has 6 heteroatoms. The van der Waals surface area contributed by atoms with Crippen LogP contribution >= 0.6 is 34.5 Å². The molecule has 2 heterocycles. The molecule has 0 spiro atoms. The molecule has 1 atom stereocenters. The molecule has 0 N–H and O–H groups in total. The van der Waals surface area contributed by atoms with Gasteiger partial charge in [-0.05, 0) is 96.0 Å². The van der Waals surface area contributed by atoms with Gasteiger partial charge in [-0.15, -0.1) is 0 Å². The molecular weight excluding hydrogens is 519 g/mol. The summed E-state index contributed by atoms with van der Waals surface area (Å²) in [5.74, 6) is 0. The van der Waals surface area contributed by atoms with Crippen LogP contribution in [-0.2, 0) is 0 Å². The minimum Gasteiger partial charge on any atom is -0.272 e. The third-order valence-corrected chi connectivity index (χ3v) is 8.49. The van der Waals surface area contributed by atoms with Crippen molar-refractivity contribution < 1.29 is 0 Å². The molecule has 4 aromatic rings. The second-order valence-electron chi connectivity index (χ2n) is 9.44. The van der Waals surface area contributed by atoms with Crippen LogP contribution in [0.25, 0.3) is 12.2 Å². The molecule has 1 unspecified atom stereocenters. The van der Waals surface area contributed by atoms with Crippen molar-refractivity contribution in [2.75, 3.05) is 0 Å². The third-order valence-electron chi connectivity index (χ3n) is 7.00. The number of halogens is 2. The zero-order chi connectivity index (χ0) is 25.5. The predicted octanol–water partition coefficient (Wildman–Crippen LogP) is 7.10. The fourth-order valence-electron chi connectivity index (χ4n) is 5.15. The lowest BCUT2D eigenvalue weighted by Gasteiger charge is -2.31. The first-order valence-electron chi connectivity index (χ1n) is 12.3. The van der Waals surface area contributed by atoms with Crippen LogP contribution in [0, 0.1) is 6.92 Å². The first kappa shape index (κ1) is 24.2. The van der Waals surface area contributed by atoms with Crippen molar-refractivity contribution in [3.63, 3.8) is 0 Å². The lowest BCUT2D eigenvalue weighted by Crippen LogP contribution is -2.39. The van der Waals surface area contributed by atoms with E-state index in [-0.39, 0.29) is 11.6 Å². The van der Waals surface area contributed by atoms with E-state index in [9.17, 15) is 4.79 Å². The van der Waals surface area contributed by atoms with Crippen molar-refractivity contribution in [2.45, 2.75) is 32.2 Å². The lowest BCUT2D eigenvalue weighted by atomic mass is 9.84. The van der Waals surface area contributed by atoms with Gasteiger partial charge in [0.05, 0.1) is 16.3 Å². The number of rotatable bonds is 3. The molecular formula is C31H24Cl2N2OS. The molecule has 3 nitrogen and oxygen atoms in total. The topological polar surface area (TPSA) is 34.4 Å². The van der Waals surface area contributed by atoms with Gasteiger partial charge < -0.3 is 0 Å².